The summed E-state index contributed by atoms with van der Waals surface area (Å²) in [6.07, 6.45) is 1.13. The van der Waals surface area contributed by atoms with Gasteiger partial charge in [-0.2, -0.15) is 9.57 Å². The zero-order valence-electron chi connectivity index (χ0n) is 19.4. The lowest BCUT2D eigenvalue weighted by atomic mass is 9.94. The van der Waals surface area contributed by atoms with Gasteiger partial charge in [0, 0.05) is 25.3 Å². The van der Waals surface area contributed by atoms with E-state index in [1.54, 1.807) is 24.3 Å². The smallest absolute Gasteiger partial charge is 0.338 e. The molecular weight excluding hydrogens is 454 g/mol. The summed E-state index contributed by atoms with van der Waals surface area (Å²) in [6.45, 7) is 4.71. The number of hydrogen-bond acceptors (Lipinski definition) is 6. The molecule has 34 heavy (non-hydrogen) atoms. The molecule has 0 spiro atoms. The highest BCUT2D eigenvalue weighted by Crippen LogP contribution is 2.27. The SMILES string of the molecule is CC1CC(C)CN(S(=O)(=O)c2ccc(C(=O)OCC(=O)N(CCC#N)c3ccccc3)cc2)C1. The van der Waals surface area contributed by atoms with Crippen LogP contribution in [0.5, 0.6) is 0 Å². The first-order valence-corrected chi connectivity index (χ1v) is 12.7. The number of anilines is 1. The van der Waals surface area contributed by atoms with Crippen LogP contribution in [-0.4, -0.2) is 50.8 Å². The number of carbonyl (C=O) groups excluding carboxylic acids is 2. The van der Waals surface area contributed by atoms with E-state index in [0.717, 1.165) is 6.42 Å². The molecule has 0 radical (unpaired) electrons. The molecule has 2 aromatic carbocycles. The summed E-state index contributed by atoms with van der Waals surface area (Å²) in [7, 11) is -3.65. The Morgan fingerprint density at radius 1 is 1.06 bits per heavy atom. The Labute approximate surface area is 200 Å². The van der Waals surface area contributed by atoms with E-state index in [0.29, 0.717) is 18.8 Å². The monoisotopic (exact) mass is 483 g/mol. The van der Waals surface area contributed by atoms with Crippen LogP contribution in [0.15, 0.2) is 59.5 Å². The average Bonchev–Trinajstić information content (AvgIpc) is 2.83. The lowest BCUT2D eigenvalue weighted by Gasteiger charge is -2.34. The largest absolute Gasteiger partial charge is 0.452 e. The van der Waals surface area contributed by atoms with Crippen molar-refractivity contribution in [2.24, 2.45) is 11.8 Å². The maximum Gasteiger partial charge on any atom is 0.338 e. The van der Waals surface area contributed by atoms with E-state index in [1.807, 2.05) is 26.0 Å². The van der Waals surface area contributed by atoms with Crippen LogP contribution < -0.4 is 4.90 Å². The van der Waals surface area contributed by atoms with Crippen molar-refractivity contribution < 1.29 is 22.7 Å². The first-order chi connectivity index (χ1) is 16.2. The van der Waals surface area contributed by atoms with Gasteiger partial charge < -0.3 is 9.64 Å². The Morgan fingerprint density at radius 2 is 1.68 bits per heavy atom. The Morgan fingerprint density at radius 3 is 2.26 bits per heavy atom. The standard InChI is InChI=1S/C25H29N3O5S/c1-19-15-20(2)17-27(16-19)34(31,32)23-11-9-21(10-12-23)25(30)33-18-24(29)28(14-6-13-26)22-7-4-3-5-8-22/h3-5,7-12,19-20H,6,14-18H2,1-2H3. The highest BCUT2D eigenvalue weighted by molar-refractivity contribution is 7.89. The molecule has 2 unspecified atom stereocenters. The van der Waals surface area contributed by atoms with Gasteiger partial charge in [0.25, 0.3) is 5.91 Å². The molecule has 2 aromatic rings. The fourth-order valence-electron chi connectivity index (χ4n) is 4.17. The second-order valence-electron chi connectivity index (χ2n) is 8.66. The minimum Gasteiger partial charge on any atom is -0.452 e. The van der Waals surface area contributed by atoms with Crippen LogP contribution in [0.3, 0.4) is 0 Å². The number of amides is 1. The molecule has 1 amide bonds. The van der Waals surface area contributed by atoms with Gasteiger partial charge in [-0.1, -0.05) is 32.0 Å². The van der Waals surface area contributed by atoms with Gasteiger partial charge in [0.15, 0.2) is 6.61 Å². The summed E-state index contributed by atoms with van der Waals surface area (Å²) >= 11 is 0. The second-order valence-corrected chi connectivity index (χ2v) is 10.6. The van der Waals surface area contributed by atoms with Crippen molar-refractivity contribution in [3.8, 4) is 6.07 Å². The van der Waals surface area contributed by atoms with Crippen molar-refractivity contribution >= 4 is 27.6 Å². The molecule has 1 saturated heterocycles. The van der Waals surface area contributed by atoms with Gasteiger partial charge in [0.05, 0.1) is 22.9 Å². The van der Waals surface area contributed by atoms with Gasteiger partial charge in [0.2, 0.25) is 10.0 Å². The van der Waals surface area contributed by atoms with Crippen molar-refractivity contribution in [3.05, 3.63) is 60.2 Å². The van der Waals surface area contributed by atoms with E-state index in [-0.39, 0.29) is 35.3 Å². The lowest BCUT2D eigenvalue weighted by Crippen LogP contribution is -2.42. The molecule has 180 valence electrons. The van der Waals surface area contributed by atoms with E-state index in [1.165, 1.54) is 33.5 Å². The molecule has 9 heteroatoms. The molecule has 1 aliphatic rings. The van der Waals surface area contributed by atoms with Crippen molar-refractivity contribution in [1.29, 1.82) is 5.26 Å². The summed E-state index contributed by atoms with van der Waals surface area (Å²) in [5.41, 5.74) is 0.755. The number of esters is 1. The number of nitrogens with zero attached hydrogens (tertiary/aromatic N) is 3. The van der Waals surface area contributed by atoms with Gasteiger partial charge >= 0.3 is 5.97 Å². The molecule has 1 heterocycles. The first-order valence-electron chi connectivity index (χ1n) is 11.2. The normalized spacial score (nSPS) is 18.6. The number of ether oxygens (including phenoxy) is 1. The van der Waals surface area contributed by atoms with Crippen molar-refractivity contribution in [2.75, 3.05) is 31.1 Å². The third kappa shape index (κ3) is 6.22. The molecule has 0 N–H and O–H groups in total. The predicted molar refractivity (Wildman–Crippen MR) is 127 cm³/mol. The third-order valence-electron chi connectivity index (χ3n) is 5.71. The molecule has 3 rings (SSSR count). The van der Waals surface area contributed by atoms with Crippen LogP contribution in [-0.2, 0) is 19.6 Å². The van der Waals surface area contributed by atoms with E-state index in [9.17, 15) is 18.0 Å². The molecule has 2 atom stereocenters. The minimum atomic E-state index is -3.65. The fraction of sp³-hybridized carbons (Fsp3) is 0.400. The summed E-state index contributed by atoms with van der Waals surface area (Å²) in [4.78, 5) is 26.6. The van der Waals surface area contributed by atoms with Crippen molar-refractivity contribution in [1.82, 2.24) is 4.31 Å². The maximum absolute atomic E-state index is 13.0. The number of carbonyl (C=O) groups is 2. The second kappa shape index (κ2) is 11.3. The van der Waals surface area contributed by atoms with Crippen LogP contribution >= 0.6 is 0 Å². The Balaban J connectivity index is 1.64. The molecule has 0 aliphatic carbocycles. The molecule has 0 bridgehead atoms. The van der Waals surface area contributed by atoms with Crippen molar-refractivity contribution in [2.45, 2.75) is 31.6 Å². The molecule has 8 nitrogen and oxygen atoms in total. The number of nitriles is 1. The van der Waals surface area contributed by atoms with E-state index in [2.05, 4.69) is 0 Å². The number of rotatable bonds is 8. The first kappa shape index (κ1) is 25.4. The minimum absolute atomic E-state index is 0.119. The topological polar surface area (TPSA) is 108 Å². The molecule has 0 aromatic heterocycles. The Hall–Kier alpha value is -3.22. The van der Waals surface area contributed by atoms with Crippen LogP contribution in [0, 0.1) is 23.2 Å². The van der Waals surface area contributed by atoms with Gasteiger partial charge in [-0.25, -0.2) is 13.2 Å². The maximum atomic E-state index is 13.0. The van der Waals surface area contributed by atoms with Gasteiger partial charge in [-0.3, -0.25) is 4.79 Å². The van der Waals surface area contributed by atoms with Gasteiger partial charge in [0.1, 0.15) is 0 Å². The van der Waals surface area contributed by atoms with Gasteiger partial charge in [-0.05, 0) is 54.7 Å². The molecular formula is C25H29N3O5S. The van der Waals surface area contributed by atoms with Crippen LogP contribution in [0.4, 0.5) is 5.69 Å². The molecule has 0 saturated carbocycles. The lowest BCUT2D eigenvalue weighted by molar-refractivity contribution is -0.121. The van der Waals surface area contributed by atoms with Crippen LogP contribution in [0.25, 0.3) is 0 Å². The van der Waals surface area contributed by atoms with Crippen LogP contribution in [0.2, 0.25) is 0 Å². The highest BCUT2D eigenvalue weighted by Gasteiger charge is 2.31. The summed E-state index contributed by atoms with van der Waals surface area (Å²) in [5.74, 6) is -0.615. The van der Waals surface area contributed by atoms with E-state index < -0.39 is 28.5 Å². The molecule has 1 fully saturated rings. The fourth-order valence-corrected chi connectivity index (χ4v) is 5.85. The van der Waals surface area contributed by atoms with Crippen LogP contribution in [0.1, 0.15) is 37.0 Å². The summed E-state index contributed by atoms with van der Waals surface area (Å²) in [5, 5.41) is 8.88. The zero-order chi connectivity index (χ0) is 24.7. The van der Waals surface area contributed by atoms with E-state index >= 15 is 0 Å². The number of piperidine rings is 1. The highest BCUT2D eigenvalue weighted by atomic mass is 32.2. The Kier molecular flexibility index (Phi) is 8.42. The summed E-state index contributed by atoms with van der Waals surface area (Å²) in [6, 6.07) is 16.4. The summed E-state index contributed by atoms with van der Waals surface area (Å²) < 4.78 is 32.7. The third-order valence-corrected chi connectivity index (χ3v) is 7.55. The number of para-hydroxylation sites is 1. The number of benzene rings is 2. The zero-order valence-corrected chi connectivity index (χ0v) is 20.2. The van der Waals surface area contributed by atoms with E-state index in [4.69, 9.17) is 10.00 Å². The quantitative estimate of drug-likeness (QED) is 0.532. The predicted octanol–water partition coefficient (Wildman–Crippen LogP) is 3.46. The molecule has 1 aliphatic heterocycles. The number of hydrogen-bond donors (Lipinski definition) is 0. The average molecular weight is 484 g/mol. The van der Waals surface area contributed by atoms with Gasteiger partial charge in [-0.15, -0.1) is 0 Å². The van der Waals surface area contributed by atoms with Crippen molar-refractivity contribution in [3.63, 3.8) is 0 Å². The Bertz CT molecular complexity index is 1130. The number of sulfonamides is 1.